The van der Waals surface area contributed by atoms with Crippen molar-refractivity contribution in [1.82, 2.24) is 20.4 Å². The van der Waals surface area contributed by atoms with Crippen LogP contribution >= 0.6 is 0 Å². The molecule has 1 saturated heterocycles. The van der Waals surface area contributed by atoms with Crippen molar-refractivity contribution in [3.05, 3.63) is 35.9 Å². The molecule has 2 aromatic rings. The molecule has 1 fully saturated rings. The molecule has 0 bridgehead atoms. The molecule has 0 unspecified atom stereocenters. The van der Waals surface area contributed by atoms with Gasteiger partial charge in [0.05, 0.1) is 0 Å². The van der Waals surface area contributed by atoms with Gasteiger partial charge in [0, 0.05) is 31.0 Å². The van der Waals surface area contributed by atoms with Crippen LogP contribution in [0.5, 0.6) is 0 Å². The summed E-state index contributed by atoms with van der Waals surface area (Å²) in [6.07, 6.45) is 6.93. The average Bonchev–Trinajstić information content (AvgIpc) is 3.01. The van der Waals surface area contributed by atoms with Crippen LogP contribution in [0.3, 0.4) is 0 Å². The lowest BCUT2D eigenvalue weighted by Gasteiger charge is -2.30. The van der Waals surface area contributed by atoms with Gasteiger partial charge in [-0.1, -0.05) is 12.1 Å². The highest BCUT2D eigenvalue weighted by Gasteiger charge is 2.21. The van der Waals surface area contributed by atoms with Crippen LogP contribution in [0.1, 0.15) is 42.3 Å². The summed E-state index contributed by atoms with van der Waals surface area (Å²) < 4.78 is 5.24. The monoisotopic (exact) mass is 342 g/mol. The molecule has 1 amide bonds. The summed E-state index contributed by atoms with van der Waals surface area (Å²) in [7, 11) is 0. The Morgan fingerprint density at radius 3 is 2.96 bits per heavy atom. The Hall–Kier alpha value is -2.21. The van der Waals surface area contributed by atoms with Gasteiger partial charge >= 0.3 is 0 Å². The summed E-state index contributed by atoms with van der Waals surface area (Å²) >= 11 is 0. The van der Waals surface area contributed by atoms with Gasteiger partial charge in [0.1, 0.15) is 17.0 Å². The van der Waals surface area contributed by atoms with E-state index in [0.717, 1.165) is 24.4 Å². The van der Waals surface area contributed by atoms with Crippen LogP contribution in [0, 0.1) is 12.8 Å². The summed E-state index contributed by atoms with van der Waals surface area (Å²) in [6, 6.07) is 3.65. The van der Waals surface area contributed by atoms with Crippen molar-refractivity contribution in [1.29, 1.82) is 0 Å². The van der Waals surface area contributed by atoms with E-state index in [1.54, 1.807) is 19.3 Å². The number of hydrogen-bond donors (Lipinski definition) is 1. The number of pyridine rings is 1. The van der Waals surface area contributed by atoms with Crippen molar-refractivity contribution >= 4 is 5.91 Å². The van der Waals surface area contributed by atoms with Gasteiger partial charge in [-0.25, -0.2) is 0 Å². The van der Waals surface area contributed by atoms with Crippen LogP contribution in [-0.2, 0) is 0 Å². The van der Waals surface area contributed by atoms with E-state index in [-0.39, 0.29) is 5.91 Å². The first-order valence-electron chi connectivity index (χ1n) is 9.02. The number of amides is 1. The number of rotatable bonds is 6. The highest BCUT2D eigenvalue weighted by molar-refractivity contribution is 6.00. The van der Waals surface area contributed by atoms with E-state index in [1.807, 2.05) is 12.1 Å². The Balaban J connectivity index is 1.54. The molecule has 0 spiro atoms. The first kappa shape index (κ1) is 17.6. The number of carbonyl (C=O) groups excluding carboxylic acids is 1. The quantitative estimate of drug-likeness (QED) is 0.817. The molecule has 1 aliphatic rings. The highest BCUT2D eigenvalue weighted by atomic mass is 16.5. The molecule has 1 atom stereocenters. The maximum Gasteiger partial charge on any atom is 0.257 e. The summed E-state index contributed by atoms with van der Waals surface area (Å²) in [6.45, 7) is 8.11. The molecule has 0 saturated carbocycles. The summed E-state index contributed by atoms with van der Waals surface area (Å²) in [5.74, 6) is 1.19. The zero-order chi connectivity index (χ0) is 17.6. The molecule has 1 N–H and O–H groups in total. The SMILES string of the molecule is Cc1onc(-c2ccncc2)c1C(=O)NCCCN1CCC[C@@H](C)C1. The minimum absolute atomic E-state index is 0.127. The smallest absolute Gasteiger partial charge is 0.257 e. The lowest BCUT2D eigenvalue weighted by atomic mass is 10.0. The topological polar surface area (TPSA) is 71.3 Å². The van der Waals surface area contributed by atoms with E-state index in [1.165, 1.54) is 25.9 Å². The van der Waals surface area contributed by atoms with Gasteiger partial charge in [0.15, 0.2) is 0 Å². The molecule has 0 radical (unpaired) electrons. The van der Waals surface area contributed by atoms with Crippen molar-refractivity contribution in [2.75, 3.05) is 26.2 Å². The Morgan fingerprint density at radius 2 is 2.20 bits per heavy atom. The van der Waals surface area contributed by atoms with Crippen molar-refractivity contribution in [3.8, 4) is 11.3 Å². The van der Waals surface area contributed by atoms with Crippen molar-refractivity contribution in [2.45, 2.75) is 33.1 Å². The van der Waals surface area contributed by atoms with Crippen molar-refractivity contribution in [2.24, 2.45) is 5.92 Å². The molecule has 134 valence electrons. The fourth-order valence-electron chi connectivity index (χ4n) is 3.43. The Morgan fingerprint density at radius 1 is 1.40 bits per heavy atom. The van der Waals surface area contributed by atoms with Crippen LogP contribution in [0.15, 0.2) is 29.0 Å². The van der Waals surface area contributed by atoms with Gasteiger partial charge in [-0.3, -0.25) is 9.78 Å². The second kappa shape index (κ2) is 8.25. The van der Waals surface area contributed by atoms with Gasteiger partial charge in [-0.15, -0.1) is 0 Å². The van der Waals surface area contributed by atoms with Crippen molar-refractivity contribution in [3.63, 3.8) is 0 Å². The van der Waals surface area contributed by atoms with Crippen LogP contribution in [0.25, 0.3) is 11.3 Å². The molecule has 3 rings (SSSR count). The number of nitrogens with one attached hydrogen (secondary N) is 1. The molecular weight excluding hydrogens is 316 g/mol. The molecule has 25 heavy (non-hydrogen) atoms. The normalized spacial score (nSPS) is 18.2. The maximum atomic E-state index is 12.6. The summed E-state index contributed by atoms with van der Waals surface area (Å²) in [5.41, 5.74) is 1.92. The highest BCUT2D eigenvalue weighted by Crippen LogP contribution is 2.24. The minimum atomic E-state index is -0.127. The molecule has 6 nitrogen and oxygen atoms in total. The number of aryl methyl sites for hydroxylation is 1. The lowest BCUT2D eigenvalue weighted by molar-refractivity contribution is 0.0949. The first-order chi connectivity index (χ1) is 12.1. The number of piperidine rings is 1. The zero-order valence-corrected chi connectivity index (χ0v) is 15.0. The van der Waals surface area contributed by atoms with Crippen molar-refractivity contribution < 1.29 is 9.32 Å². The maximum absolute atomic E-state index is 12.6. The Kier molecular flexibility index (Phi) is 5.81. The fraction of sp³-hybridized carbons (Fsp3) is 0.526. The lowest BCUT2D eigenvalue weighted by Crippen LogP contribution is -2.36. The molecule has 1 aliphatic heterocycles. The van der Waals surface area contributed by atoms with E-state index in [4.69, 9.17) is 4.52 Å². The molecule has 6 heteroatoms. The second-order valence-corrected chi connectivity index (χ2v) is 6.86. The number of carbonyl (C=O) groups is 1. The van der Waals surface area contributed by atoms with Crippen LogP contribution in [0.2, 0.25) is 0 Å². The Bertz CT molecular complexity index is 699. The van der Waals surface area contributed by atoms with E-state index in [0.29, 0.717) is 23.6 Å². The van der Waals surface area contributed by atoms with E-state index < -0.39 is 0 Å². The standard InChI is InChI=1S/C19H26N4O2/c1-14-5-3-11-23(13-14)12-4-8-21-19(24)17-15(2)25-22-18(17)16-6-9-20-10-7-16/h6-7,9-10,14H,3-5,8,11-13H2,1-2H3,(H,21,24)/t14-/m1/s1. The largest absolute Gasteiger partial charge is 0.360 e. The predicted molar refractivity (Wildman–Crippen MR) is 96.3 cm³/mol. The number of likely N-dealkylation sites (tertiary alicyclic amines) is 1. The number of nitrogens with zero attached hydrogens (tertiary/aromatic N) is 3. The third kappa shape index (κ3) is 4.45. The van der Waals surface area contributed by atoms with Crippen LogP contribution in [-0.4, -0.2) is 47.1 Å². The van der Waals surface area contributed by atoms with Crippen LogP contribution in [0.4, 0.5) is 0 Å². The van der Waals surface area contributed by atoms with Gasteiger partial charge < -0.3 is 14.7 Å². The molecular formula is C19H26N4O2. The molecule has 3 heterocycles. The van der Waals surface area contributed by atoms with E-state index in [2.05, 4.69) is 27.3 Å². The third-order valence-corrected chi connectivity index (χ3v) is 4.72. The summed E-state index contributed by atoms with van der Waals surface area (Å²) in [5, 5.41) is 7.05. The average molecular weight is 342 g/mol. The second-order valence-electron chi connectivity index (χ2n) is 6.86. The van der Waals surface area contributed by atoms with Gasteiger partial charge in [0.2, 0.25) is 0 Å². The van der Waals surface area contributed by atoms with Gasteiger partial charge in [0.25, 0.3) is 5.91 Å². The Labute approximate surface area is 148 Å². The van der Waals surface area contributed by atoms with E-state index in [9.17, 15) is 4.79 Å². The summed E-state index contributed by atoms with van der Waals surface area (Å²) in [4.78, 5) is 19.1. The zero-order valence-electron chi connectivity index (χ0n) is 15.0. The predicted octanol–water partition coefficient (Wildman–Crippen LogP) is 2.90. The number of aromatic nitrogens is 2. The van der Waals surface area contributed by atoms with Gasteiger partial charge in [-0.2, -0.15) is 0 Å². The fourth-order valence-corrected chi connectivity index (χ4v) is 3.43. The number of hydrogen-bond acceptors (Lipinski definition) is 5. The van der Waals surface area contributed by atoms with Gasteiger partial charge in [-0.05, 0) is 57.3 Å². The molecule has 0 aliphatic carbocycles. The minimum Gasteiger partial charge on any atom is -0.360 e. The molecule has 0 aromatic carbocycles. The molecule has 2 aromatic heterocycles. The van der Waals surface area contributed by atoms with Crippen LogP contribution < -0.4 is 5.32 Å². The first-order valence-corrected chi connectivity index (χ1v) is 9.02. The third-order valence-electron chi connectivity index (χ3n) is 4.72. The van der Waals surface area contributed by atoms with E-state index >= 15 is 0 Å².